The molecule has 1 atom stereocenters. The molecule has 0 amide bonds. The van der Waals surface area contributed by atoms with E-state index < -0.39 is 11.9 Å². The molecule has 0 spiro atoms. The summed E-state index contributed by atoms with van der Waals surface area (Å²) in [6.45, 7) is 0.562. The normalized spacial score (nSPS) is 16.7. The van der Waals surface area contributed by atoms with Crippen molar-refractivity contribution < 1.29 is 14.7 Å². The molecule has 2 aromatic rings. The van der Waals surface area contributed by atoms with Gasteiger partial charge in [-0.2, -0.15) is 11.3 Å². The van der Waals surface area contributed by atoms with Crippen molar-refractivity contribution in [3.8, 4) is 0 Å². The maximum Gasteiger partial charge on any atom is 0.210 e. The summed E-state index contributed by atoms with van der Waals surface area (Å²) in [4.78, 5) is 23.2. The second-order valence-electron chi connectivity index (χ2n) is 4.30. The Balaban J connectivity index is 0.00000133. The predicted molar refractivity (Wildman–Crippen MR) is 70.5 cm³/mol. The smallest absolute Gasteiger partial charge is 0.210 e. The number of rotatable bonds is 3. The molecule has 100 valence electrons. The van der Waals surface area contributed by atoms with Gasteiger partial charge in [-0.05, 0) is 30.0 Å². The fourth-order valence-electron chi connectivity index (χ4n) is 2.42. The molecule has 2 aromatic heterocycles. The van der Waals surface area contributed by atoms with E-state index in [1.54, 1.807) is 28.1 Å². The van der Waals surface area contributed by atoms with Crippen LogP contribution >= 0.6 is 11.3 Å². The first-order chi connectivity index (χ1) is 8.68. The van der Waals surface area contributed by atoms with Crippen molar-refractivity contribution in [2.24, 2.45) is 0 Å². The Hall–Kier alpha value is -1.92. The molecule has 1 aliphatic heterocycles. The Kier molecular flexibility index (Phi) is 3.55. The first-order valence-electron chi connectivity index (χ1n) is 5.65. The number of ketones is 1. The molecule has 0 bridgehead atoms. The van der Waals surface area contributed by atoms with Crippen LogP contribution in [0.15, 0.2) is 29.0 Å². The topological polar surface area (TPSA) is 98.6 Å². The van der Waals surface area contributed by atoms with E-state index in [1.807, 2.05) is 5.38 Å². The molecule has 0 radical (unpaired) electrons. The number of carbonyl (C=O) groups excluding carboxylic acids is 2. The highest BCUT2D eigenvalue weighted by molar-refractivity contribution is 7.08. The van der Waals surface area contributed by atoms with E-state index in [0.29, 0.717) is 29.9 Å². The van der Waals surface area contributed by atoms with Crippen LogP contribution in [0.3, 0.4) is 0 Å². The lowest BCUT2D eigenvalue weighted by molar-refractivity contribution is -0.307. The Morgan fingerprint density at radius 1 is 1.32 bits per heavy atom. The highest BCUT2D eigenvalue weighted by Gasteiger charge is 2.27. The van der Waals surface area contributed by atoms with Crippen molar-refractivity contribution in [2.45, 2.75) is 18.9 Å². The third-order valence-corrected chi connectivity index (χ3v) is 4.00. The van der Waals surface area contributed by atoms with E-state index in [2.05, 4.69) is 0 Å². The number of thiophene rings is 1. The Bertz CT molecular complexity index is 616. The van der Waals surface area contributed by atoms with Crippen LogP contribution in [0.2, 0.25) is 0 Å². The van der Waals surface area contributed by atoms with Gasteiger partial charge in [0.15, 0.2) is 0 Å². The zero-order valence-corrected chi connectivity index (χ0v) is 11.3. The lowest BCUT2D eigenvalue weighted by atomic mass is 10.1. The van der Waals surface area contributed by atoms with Crippen molar-refractivity contribution in [1.29, 1.82) is 0 Å². The molecule has 3 heterocycles. The highest BCUT2D eigenvalue weighted by atomic mass is 32.1. The maximum absolute atomic E-state index is 12.2. The van der Waals surface area contributed by atoms with Crippen LogP contribution in [0, 0.1) is 0 Å². The van der Waals surface area contributed by atoms with Gasteiger partial charge in [-0.3, -0.25) is 4.79 Å². The number of quaternary nitrogens is 1. The lowest BCUT2D eigenvalue weighted by Gasteiger charge is -2.09. The summed E-state index contributed by atoms with van der Waals surface area (Å²) in [5.74, 6) is -1.71. The molecule has 0 saturated heterocycles. The van der Waals surface area contributed by atoms with Crippen LogP contribution in [-0.4, -0.2) is 16.3 Å². The summed E-state index contributed by atoms with van der Waals surface area (Å²) in [6, 6.07) is 5.19. The summed E-state index contributed by atoms with van der Waals surface area (Å²) in [5, 5.41) is 14.6. The molecular formula is C13H14N2O3S. The van der Waals surface area contributed by atoms with Gasteiger partial charge in [0, 0.05) is 29.1 Å². The molecule has 6 heteroatoms. The summed E-state index contributed by atoms with van der Waals surface area (Å²) in [7, 11) is 0. The van der Waals surface area contributed by atoms with Crippen LogP contribution in [0.4, 0.5) is 0 Å². The first kappa shape index (κ1) is 13.5. The predicted octanol–water partition coefficient (Wildman–Crippen LogP) is 1.39. The Morgan fingerprint density at radius 3 is 2.74 bits per heavy atom. The number of carboxylic acid groups (broad SMARTS) is 1. The summed E-state index contributed by atoms with van der Waals surface area (Å²) in [6.07, 6.45) is 0.502. The fraction of sp³-hybridized carbons (Fsp3) is 0.231. The molecule has 4 N–H and O–H groups in total. The molecule has 3 rings (SSSR count). The van der Waals surface area contributed by atoms with E-state index in [-0.39, 0.29) is 11.9 Å². The summed E-state index contributed by atoms with van der Waals surface area (Å²) in [5.41, 5.74) is 1.89. The van der Waals surface area contributed by atoms with E-state index in [4.69, 9.17) is 0 Å². The van der Waals surface area contributed by atoms with Crippen LogP contribution in [-0.2, 0) is 11.3 Å². The summed E-state index contributed by atoms with van der Waals surface area (Å²) < 4.78 is 1.79. The van der Waals surface area contributed by atoms with Gasteiger partial charge in [-0.25, -0.2) is 0 Å². The van der Waals surface area contributed by atoms with E-state index in [0.717, 1.165) is 0 Å². The zero-order valence-electron chi connectivity index (χ0n) is 10.5. The molecule has 1 unspecified atom stereocenters. The second-order valence-corrected chi connectivity index (χ2v) is 5.08. The Morgan fingerprint density at radius 2 is 2.11 bits per heavy atom. The SMILES string of the molecule is O=C(c1ccsc1)c1ccc2n1CCC2C(=O)[O-].[NH4+]. The van der Waals surface area contributed by atoms with E-state index in [9.17, 15) is 14.7 Å². The molecule has 0 fully saturated rings. The molecular weight excluding hydrogens is 264 g/mol. The molecule has 5 nitrogen and oxygen atoms in total. The fourth-order valence-corrected chi connectivity index (χ4v) is 3.06. The van der Waals surface area contributed by atoms with Crippen molar-refractivity contribution in [1.82, 2.24) is 10.7 Å². The molecule has 19 heavy (non-hydrogen) atoms. The van der Waals surface area contributed by atoms with Crippen LogP contribution in [0.1, 0.15) is 34.1 Å². The van der Waals surface area contributed by atoms with E-state index >= 15 is 0 Å². The number of aromatic nitrogens is 1. The quantitative estimate of drug-likeness (QED) is 0.859. The van der Waals surface area contributed by atoms with Gasteiger partial charge in [0.25, 0.3) is 0 Å². The van der Waals surface area contributed by atoms with Crippen LogP contribution in [0.5, 0.6) is 0 Å². The standard InChI is InChI=1S/C13H11NO3S.H3N/c15-12(8-4-6-18-7-8)11-2-1-10-9(13(16)17)3-5-14(10)11;/h1-2,4,6-7,9H,3,5H2,(H,16,17);1H3. The van der Waals surface area contributed by atoms with Crippen molar-refractivity contribution in [2.75, 3.05) is 0 Å². The zero-order chi connectivity index (χ0) is 12.7. The van der Waals surface area contributed by atoms with E-state index in [1.165, 1.54) is 11.3 Å². The molecule has 0 saturated carbocycles. The average Bonchev–Trinajstić information content (AvgIpc) is 3.04. The van der Waals surface area contributed by atoms with Crippen LogP contribution in [0.25, 0.3) is 0 Å². The van der Waals surface area contributed by atoms with Gasteiger partial charge < -0.3 is 20.6 Å². The minimum Gasteiger partial charge on any atom is -0.549 e. The number of hydrogen-bond donors (Lipinski definition) is 1. The van der Waals surface area contributed by atoms with Crippen molar-refractivity contribution >= 4 is 23.1 Å². The minimum atomic E-state index is -1.07. The molecule has 0 aliphatic carbocycles. The lowest BCUT2D eigenvalue weighted by Crippen LogP contribution is -2.28. The van der Waals surface area contributed by atoms with Gasteiger partial charge >= 0.3 is 0 Å². The van der Waals surface area contributed by atoms with Gasteiger partial charge in [0.05, 0.1) is 11.7 Å². The van der Waals surface area contributed by atoms with Crippen molar-refractivity contribution in [3.05, 3.63) is 45.9 Å². The number of nitrogens with zero attached hydrogens (tertiary/aromatic N) is 1. The second kappa shape index (κ2) is 4.99. The number of carboxylic acids is 1. The average molecular weight is 278 g/mol. The van der Waals surface area contributed by atoms with Crippen molar-refractivity contribution in [3.63, 3.8) is 0 Å². The van der Waals surface area contributed by atoms with Crippen LogP contribution < -0.4 is 11.3 Å². The first-order valence-corrected chi connectivity index (χ1v) is 6.60. The number of carbonyl (C=O) groups is 2. The van der Waals surface area contributed by atoms with Gasteiger partial charge in [0.1, 0.15) is 0 Å². The number of hydrogen-bond acceptors (Lipinski definition) is 4. The summed E-state index contributed by atoms with van der Waals surface area (Å²) >= 11 is 1.47. The maximum atomic E-state index is 12.2. The monoisotopic (exact) mass is 278 g/mol. The number of aliphatic carboxylic acids is 1. The largest absolute Gasteiger partial charge is 0.549 e. The van der Waals surface area contributed by atoms with Gasteiger partial charge in [0.2, 0.25) is 5.78 Å². The number of fused-ring (bicyclic) bond motifs is 1. The molecule has 0 aromatic carbocycles. The third-order valence-electron chi connectivity index (χ3n) is 3.31. The third kappa shape index (κ3) is 2.09. The van der Waals surface area contributed by atoms with Gasteiger partial charge in [-0.1, -0.05) is 0 Å². The highest BCUT2D eigenvalue weighted by Crippen LogP contribution is 2.31. The Labute approximate surface area is 114 Å². The molecule has 1 aliphatic rings. The minimum absolute atomic E-state index is 0. The van der Waals surface area contributed by atoms with Gasteiger partial charge in [-0.15, -0.1) is 0 Å².